The van der Waals surface area contributed by atoms with E-state index >= 15 is 0 Å². The van der Waals surface area contributed by atoms with Crippen molar-refractivity contribution in [3.63, 3.8) is 0 Å². The molecule has 2 amide bonds. The van der Waals surface area contributed by atoms with Crippen LogP contribution in [0.3, 0.4) is 0 Å². The molecule has 1 fully saturated rings. The van der Waals surface area contributed by atoms with E-state index in [4.69, 9.17) is 32.7 Å². The molecule has 10 heteroatoms. The van der Waals surface area contributed by atoms with Gasteiger partial charge in [-0.1, -0.05) is 29.3 Å². The molecule has 0 spiro atoms. The molecular weight excluding hydrogens is 622 g/mol. The van der Waals surface area contributed by atoms with E-state index in [0.29, 0.717) is 33.0 Å². The van der Waals surface area contributed by atoms with Crippen molar-refractivity contribution >= 4 is 80.7 Å². The van der Waals surface area contributed by atoms with Crippen molar-refractivity contribution in [1.29, 1.82) is 0 Å². The van der Waals surface area contributed by atoms with Crippen LogP contribution in [0.2, 0.25) is 10.0 Å². The third-order valence-electron chi connectivity index (χ3n) is 5.31. The molecule has 3 aromatic rings. The molecule has 6 nitrogen and oxygen atoms in total. The summed E-state index contributed by atoms with van der Waals surface area (Å²) in [5.74, 6) is 1.01. The first-order valence-corrected chi connectivity index (χ1v) is 13.4. The fraction of sp³-hybridized carbons (Fsp3) is 0.200. The van der Waals surface area contributed by atoms with Gasteiger partial charge in [0.05, 0.1) is 16.4 Å². The van der Waals surface area contributed by atoms with Crippen molar-refractivity contribution in [2.24, 2.45) is 0 Å². The summed E-state index contributed by atoms with van der Waals surface area (Å²) in [7, 11) is 1.54. The lowest BCUT2D eigenvalue weighted by Crippen LogP contribution is -2.27. The molecule has 0 bridgehead atoms. The molecule has 1 saturated heterocycles. The Labute approximate surface area is 231 Å². The lowest BCUT2D eigenvalue weighted by atomic mass is 10.1. The standard InChI is InChI=1S/C25H21Cl2IN2O4S/c1-14-3-6-17(11-19(14)27)29-22(31)12-34-24-20(28)9-15(10-21(24)33-2)25-30(23(32)13-35-25)18-7-4-16(26)5-8-18/h3-11,25H,12-13H2,1-2H3,(H,29,31)/t25-/m1/s1. The number of nitrogens with one attached hydrogen (secondary N) is 1. The van der Waals surface area contributed by atoms with Crippen LogP contribution in [0.4, 0.5) is 11.4 Å². The molecule has 35 heavy (non-hydrogen) atoms. The first kappa shape index (κ1) is 25.9. The fourth-order valence-corrected chi connectivity index (χ4v) is 5.82. The number of hydrogen-bond donors (Lipinski definition) is 1. The van der Waals surface area contributed by atoms with Crippen LogP contribution in [0, 0.1) is 10.5 Å². The number of ether oxygens (including phenoxy) is 2. The Bertz CT molecular complexity index is 1270. The highest BCUT2D eigenvalue weighted by molar-refractivity contribution is 14.1. The summed E-state index contributed by atoms with van der Waals surface area (Å²) < 4.78 is 12.2. The summed E-state index contributed by atoms with van der Waals surface area (Å²) in [6.07, 6.45) is 0. The minimum atomic E-state index is -0.322. The zero-order valence-electron chi connectivity index (χ0n) is 18.8. The van der Waals surface area contributed by atoms with Gasteiger partial charge in [-0.2, -0.15) is 0 Å². The van der Waals surface area contributed by atoms with Gasteiger partial charge in [0.15, 0.2) is 18.1 Å². The van der Waals surface area contributed by atoms with Gasteiger partial charge in [-0.05, 0) is 89.2 Å². The third kappa shape index (κ3) is 5.99. The molecule has 0 aromatic heterocycles. The van der Waals surface area contributed by atoms with E-state index < -0.39 is 0 Å². The Balaban J connectivity index is 1.51. The highest BCUT2D eigenvalue weighted by Crippen LogP contribution is 2.45. The highest BCUT2D eigenvalue weighted by atomic mass is 127. The van der Waals surface area contributed by atoms with Gasteiger partial charge in [-0.3, -0.25) is 14.5 Å². The van der Waals surface area contributed by atoms with Crippen LogP contribution < -0.4 is 19.7 Å². The van der Waals surface area contributed by atoms with E-state index in [0.717, 1.165) is 20.4 Å². The van der Waals surface area contributed by atoms with E-state index in [2.05, 4.69) is 27.9 Å². The van der Waals surface area contributed by atoms with Crippen molar-refractivity contribution in [3.8, 4) is 11.5 Å². The van der Waals surface area contributed by atoms with Crippen LogP contribution in [-0.4, -0.2) is 31.3 Å². The van der Waals surface area contributed by atoms with E-state index in [1.165, 1.54) is 11.8 Å². The summed E-state index contributed by atoms with van der Waals surface area (Å²) in [6, 6.07) is 16.3. The molecule has 1 N–H and O–H groups in total. The summed E-state index contributed by atoms with van der Waals surface area (Å²) in [5, 5.41) is 3.73. The average molecular weight is 643 g/mol. The smallest absolute Gasteiger partial charge is 0.262 e. The van der Waals surface area contributed by atoms with Crippen molar-refractivity contribution in [2.45, 2.75) is 12.3 Å². The molecule has 0 radical (unpaired) electrons. The summed E-state index contributed by atoms with van der Waals surface area (Å²) >= 11 is 15.8. The molecule has 0 aliphatic carbocycles. The van der Waals surface area contributed by atoms with Gasteiger partial charge in [0, 0.05) is 21.4 Å². The normalized spacial score (nSPS) is 15.3. The number of benzene rings is 3. The van der Waals surface area contributed by atoms with Crippen LogP contribution >= 0.6 is 57.6 Å². The molecule has 1 heterocycles. The molecule has 182 valence electrons. The SMILES string of the molecule is COc1cc([C@H]2SCC(=O)N2c2ccc(Cl)cc2)cc(I)c1OCC(=O)Nc1ccc(C)c(Cl)c1. The van der Waals surface area contributed by atoms with Gasteiger partial charge in [-0.15, -0.1) is 11.8 Å². The lowest BCUT2D eigenvalue weighted by Gasteiger charge is -2.25. The van der Waals surface area contributed by atoms with Gasteiger partial charge in [0.25, 0.3) is 5.91 Å². The summed E-state index contributed by atoms with van der Waals surface area (Å²) in [6.45, 7) is 1.69. The zero-order valence-corrected chi connectivity index (χ0v) is 23.3. The van der Waals surface area contributed by atoms with Crippen molar-refractivity contribution < 1.29 is 19.1 Å². The lowest BCUT2D eigenvalue weighted by molar-refractivity contribution is -0.118. The fourth-order valence-electron chi connectivity index (χ4n) is 3.58. The molecule has 1 atom stereocenters. The average Bonchev–Trinajstić information content (AvgIpc) is 3.22. The van der Waals surface area contributed by atoms with Gasteiger partial charge < -0.3 is 14.8 Å². The number of halogens is 3. The maximum Gasteiger partial charge on any atom is 0.262 e. The van der Waals surface area contributed by atoms with E-state index in [9.17, 15) is 9.59 Å². The Morgan fingerprint density at radius 1 is 1.17 bits per heavy atom. The predicted molar refractivity (Wildman–Crippen MR) is 150 cm³/mol. The minimum absolute atomic E-state index is 0.0181. The van der Waals surface area contributed by atoms with Crippen LogP contribution in [-0.2, 0) is 9.59 Å². The van der Waals surface area contributed by atoms with Crippen molar-refractivity contribution in [3.05, 3.63) is 79.3 Å². The van der Waals surface area contributed by atoms with Crippen LogP contribution in [0.5, 0.6) is 11.5 Å². The molecule has 4 rings (SSSR count). The van der Waals surface area contributed by atoms with E-state index in [1.54, 1.807) is 36.3 Å². The Kier molecular flexibility index (Phi) is 8.36. The van der Waals surface area contributed by atoms with Gasteiger partial charge in [-0.25, -0.2) is 0 Å². The minimum Gasteiger partial charge on any atom is -0.493 e. The van der Waals surface area contributed by atoms with Crippen molar-refractivity contribution in [2.75, 3.05) is 29.7 Å². The van der Waals surface area contributed by atoms with Gasteiger partial charge >= 0.3 is 0 Å². The molecule has 1 aliphatic rings. The monoisotopic (exact) mass is 642 g/mol. The second-order valence-electron chi connectivity index (χ2n) is 7.74. The third-order valence-corrected chi connectivity index (χ3v) is 7.99. The number of carbonyl (C=O) groups is 2. The molecule has 0 unspecified atom stereocenters. The number of carbonyl (C=O) groups excluding carboxylic acids is 2. The predicted octanol–water partition coefficient (Wildman–Crippen LogP) is 6.71. The molecular formula is C25H21Cl2IN2O4S. The summed E-state index contributed by atoms with van der Waals surface area (Å²) in [5.41, 5.74) is 3.19. The summed E-state index contributed by atoms with van der Waals surface area (Å²) in [4.78, 5) is 26.9. The van der Waals surface area contributed by atoms with Crippen molar-refractivity contribution in [1.82, 2.24) is 0 Å². The Morgan fingerprint density at radius 2 is 1.91 bits per heavy atom. The number of hydrogen-bond acceptors (Lipinski definition) is 5. The molecule has 1 aliphatic heterocycles. The number of aryl methyl sites for hydroxylation is 1. The van der Waals surface area contributed by atoms with Crippen LogP contribution in [0.15, 0.2) is 54.6 Å². The highest BCUT2D eigenvalue weighted by Gasteiger charge is 2.35. The van der Waals surface area contributed by atoms with E-state index in [1.807, 2.05) is 37.3 Å². The van der Waals surface area contributed by atoms with E-state index in [-0.39, 0.29) is 23.8 Å². The molecule has 3 aromatic carbocycles. The molecule has 0 saturated carbocycles. The van der Waals surface area contributed by atoms with Gasteiger partial charge in [0.1, 0.15) is 5.37 Å². The maximum absolute atomic E-state index is 12.7. The first-order valence-electron chi connectivity index (χ1n) is 10.5. The Morgan fingerprint density at radius 3 is 2.60 bits per heavy atom. The largest absolute Gasteiger partial charge is 0.493 e. The van der Waals surface area contributed by atoms with Crippen LogP contribution in [0.25, 0.3) is 0 Å². The van der Waals surface area contributed by atoms with Gasteiger partial charge in [0.2, 0.25) is 5.91 Å². The number of rotatable bonds is 7. The number of amides is 2. The zero-order chi connectivity index (χ0) is 25.1. The first-order chi connectivity index (χ1) is 16.8. The Hall–Kier alpha value is -2.14. The number of methoxy groups -OCH3 is 1. The second kappa shape index (κ2) is 11.3. The van der Waals surface area contributed by atoms with Crippen LogP contribution in [0.1, 0.15) is 16.5 Å². The topological polar surface area (TPSA) is 67.9 Å². The second-order valence-corrected chi connectivity index (χ2v) is 10.8. The number of thioether (sulfide) groups is 1. The quantitative estimate of drug-likeness (QED) is 0.290. The maximum atomic E-state index is 12.7. The number of nitrogens with zero attached hydrogens (tertiary/aromatic N) is 1. The number of anilines is 2.